The Hall–Kier alpha value is -1.84. The first-order valence-corrected chi connectivity index (χ1v) is 8.35. The average Bonchev–Trinajstić information content (AvgIpc) is 3.18. The van der Waals surface area contributed by atoms with Gasteiger partial charge in [-0.2, -0.15) is 0 Å². The summed E-state index contributed by atoms with van der Waals surface area (Å²) in [7, 11) is 0. The fourth-order valence-corrected chi connectivity index (χ4v) is 3.91. The molecule has 118 valence electrons. The third kappa shape index (κ3) is 2.87. The highest BCUT2D eigenvalue weighted by molar-refractivity contribution is 5.91. The summed E-state index contributed by atoms with van der Waals surface area (Å²) in [5.74, 6) is 0.497. The molecule has 1 aromatic carbocycles. The van der Waals surface area contributed by atoms with E-state index in [0.29, 0.717) is 18.8 Å². The van der Waals surface area contributed by atoms with Crippen LogP contribution in [0.1, 0.15) is 50.5 Å². The number of carbonyl (C=O) groups excluding carboxylic acids is 2. The summed E-state index contributed by atoms with van der Waals surface area (Å²) < 4.78 is 0. The lowest BCUT2D eigenvalue weighted by Gasteiger charge is -2.33. The normalized spacial score (nSPS) is 26.0. The summed E-state index contributed by atoms with van der Waals surface area (Å²) in [6.07, 6.45) is 4.25. The zero-order chi connectivity index (χ0) is 15.5. The molecule has 2 saturated heterocycles. The van der Waals surface area contributed by atoms with Crippen molar-refractivity contribution in [1.82, 2.24) is 10.2 Å². The van der Waals surface area contributed by atoms with Crippen LogP contribution >= 0.6 is 0 Å². The van der Waals surface area contributed by atoms with Crippen LogP contribution < -0.4 is 5.32 Å². The van der Waals surface area contributed by atoms with Crippen molar-refractivity contribution in [2.75, 3.05) is 6.54 Å². The molecule has 2 aliphatic rings. The van der Waals surface area contributed by atoms with E-state index < -0.39 is 0 Å². The lowest BCUT2D eigenvalue weighted by Crippen LogP contribution is -2.48. The SMILES string of the molecule is CCC(c1ccccc1)C1CCCN1C(=O)C1CCC(=O)N1. The monoisotopic (exact) mass is 300 g/mol. The van der Waals surface area contributed by atoms with Gasteiger partial charge in [-0.05, 0) is 31.2 Å². The highest BCUT2D eigenvalue weighted by Gasteiger charge is 2.39. The zero-order valence-corrected chi connectivity index (χ0v) is 13.1. The Morgan fingerprint density at radius 3 is 2.73 bits per heavy atom. The molecular formula is C18H24N2O2. The molecule has 0 spiro atoms. The van der Waals surface area contributed by atoms with E-state index in [9.17, 15) is 9.59 Å². The number of likely N-dealkylation sites (tertiary alicyclic amines) is 1. The van der Waals surface area contributed by atoms with Crippen LogP contribution in [0, 0.1) is 0 Å². The van der Waals surface area contributed by atoms with E-state index in [-0.39, 0.29) is 23.9 Å². The second-order valence-corrected chi connectivity index (χ2v) is 6.33. The maximum Gasteiger partial charge on any atom is 0.245 e. The largest absolute Gasteiger partial charge is 0.344 e. The Labute approximate surface area is 131 Å². The fraction of sp³-hybridized carbons (Fsp3) is 0.556. The maximum atomic E-state index is 12.8. The number of carbonyl (C=O) groups is 2. The zero-order valence-electron chi connectivity index (χ0n) is 13.1. The number of hydrogen-bond acceptors (Lipinski definition) is 2. The number of nitrogens with zero attached hydrogens (tertiary/aromatic N) is 1. The van der Waals surface area contributed by atoms with Crippen molar-refractivity contribution < 1.29 is 9.59 Å². The molecule has 2 amide bonds. The van der Waals surface area contributed by atoms with Gasteiger partial charge in [0.15, 0.2) is 0 Å². The van der Waals surface area contributed by atoms with Crippen LogP contribution in [0.25, 0.3) is 0 Å². The van der Waals surface area contributed by atoms with Gasteiger partial charge in [0.1, 0.15) is 6.04 Å². The van der Waals surface area contributed by atoms with Crippen molar-refractivity contribution in [3.05, 3.63) is 35.9 Å². The van der Waals surface area contributed by atoms with Crippen molar-refractivity contribution in [2.24, 2.45) is 0 Å². The quantitative estimate of drug-likeness (QED) is 0.928. The minimum absolute atomic E-state index is 0.00389. The van der Waals surface area contributed by atoms with E-state index in [1.165, 1.54) is 5.56 Å². The van der Waals surface area contributed by atoms with Crippen molar-refractivity contribution in [3.8, 4) is 0 Å². The Morgan fingerprint density at radius 2 is 2.09 bits per heavy atom. The molecule has 2 heterocycles. The van der Waals surface area contributed by atoms with Gasteiger partial charge in [0.25, 0.3) is 0 Å². The Bertz CT molecular complexity index is 543. The van der Waals surface area contributed by atoms with Gasteiger partial charge in [-0.3, -0.25) is 9.59 Å². The van der Waals surface area contributed by atoms with Crippen molar-refractivity contribution in [3.63, 3.8) is 0 Å². The number of nitrogens with one attached hydrogen (secondary N) is 1. The Balaban J connectivity index is 1.77. The van der Waals surface area contributed by atoms with Gasteiger partial charge in [0.2, 0.25) is 11.8 Å². The van der Waals surface area contributed by atoms with Gasteiger partial charge in [-0.25, -0.2) is 0 Å². The second kappa shape index (κ2) is 6.51. The summed E-state index contributed by atoms with van der Waals surface area (Å²) >= 11 is 0. The molecule has 4 nitrogen and oxygen atoms in total. The van der Waals surface area contributed by atoms with Crippen molar-refractivity contribution >= 4 is 11.8 Å². The van der Waals surface area contributed by atoms with Crippen molar-refractivity contribution in [2.45, 2.75) is 57.0 Å². The van der Waals surface area contributed by atoms with Crippen LogP contribution in [0.5, 0.6) is 0 Å². The van der Waals surface area contributed by atoms with E-state index in [2.05, 4.69) is 36.5 Å². The number of hydrogen-bond donors (Lipinski definition) is 1. The molecule has 22 heavy (non-hydrogen) atoms. The summed E-state index contributed by atoms with van der Waals surface area (Å²) in [5, 5.41) is 2.82. The first-order chi connectivity index (χ1) is 10.7. The highest BCUT2D eigenvalue weighted by atomic mass is 16.2. The van der Waals surface area contributed by atoms with E-state index >= 15 is 0 Å². The molecular weight excluding hydrogens is 276 g/mol. The van der Waals surface area contributed by atoms with Gasteiger partial charge in [-0.1, -0.05) is 37.3 Å². The van der Waals surface area contributed by atoms with E-state index in [1.807, 2.05) is 11.0 Å². The summed E-state index contributed by atoms with van der Waals surface area (Å²) in [6, 6.07) is 10.4. The van der Waals surface area contributed by atoms with Crippen LogP contribution in [-0.4, -0.2) is 35.3 Å². The summed E-state index contributed by atoms with van der Waals surface area (Å²) in [4.78, 5) is 26.2. The minimum Gasteiger partial charge on any atom is -0.344 e. The molecule has 3 unspecified atom stereocenters. The highest BCUT2D eigenvalue weighted by Crippen LogP contribution is 2.34. The lowest BCUT2D eigenvalue weighted by molar-refractivity contribution is -0.135. The summed E-state index contributed by atoms with van der Waals surface area (Å²) in [5.41, 5.74) is 1.31. The predicted octanol–water partition coefficient (Wildman–Crippen LogP) is 2.45. The first-order valence-electron chi connectivity index (χ1n) is 8.35. The van der Waals surface area contributed by atoms with Gasteiger partial charge in [-0.15, -0.1) is 0 Å². The molecule has 0 aromatic heterocycles. The van der Waals surface area contributed by atoms with E-state index in [1.54, 1.807) is 0 Å². The first kappa shape index (κ1) is 15.1. The van der Waals surface area contributed by atoms with E-state index in [4.69, 9.17) is 0 Å². The number of benzene rings is 1. The molecule has 3 rings (SSSR count). The molecule has 0 aliphatic carbocycles. The molecule has 1 N–H and O–H groups in total. The van der Waals surface area contributed by atoms with Crippen LogP contribution in [0.4, 0.5) is 0 Å². The lowest BCUT2D eigenvalue weighted by atomic mass is 9.87. The smallest absolute Gasteiger partial charge is 0.245 e. The second-order valence-electron chi connectivity index (χ2n) is 6.33. The van der Waals surface area contributed by atoms with E-state index in [0.717, 1.165) is 25.8 Å². The Kier molecular flexibility index (Phi) is 4.46. The van der Waals surface area contributed by atoms with Gasteiger partial charge in [0.05, 0.1) is 0 Å². The molecule has 4 heteroatoms. The molecule has 2 aliphatic heterocycles. The number of amides is 2. The van der Waals surface area contributed by atoms with Crippen LogP contribution in [0.3, 0.4) is 0 Å². The molecule has 0 radical (unpaired) electrons. The Morgan fingerprint density at radius 1 is 1.32 bits per heavy atom. The molecule has 3 atom stereocenters. The van der Waals surface area contributed by atoms with Crippen molar-refractivity contribution in [1.29, 1.82) is 0 Å². The predicted molar refractivity (Wildman–Crippen MR) is 85.4 cm³/mol. The fourth-order valence-electron chi connectivity index (χ4n) is 3.91. The average molecular weight is 300 g/mol. The topological polar surface area (TPSA) is 49.4 Å². The standard InChI is InChI=1S/C18H24N2O2/c1-2-14(13-7-4-3-5-8-13)16-9-6-12-20(16)18(22)15-10-11-17(21)19-15/h3-5,7-8,14-16H,2,6,9-12H2,1H3,(H,19,21). The van der Waals surface area contributed by atoms with Crippen LogP contribution in [0.15, 0.2) is 30.3 Å². The van der Waals surface area contributed by atoms with Gasteiger partial charge >= 0.3 is 0 Å². The van der Waals surface area contributed by atoms with Crippen LogP contribution in [0.2, 0.25) is 0 Å². The third-order valence-electron chi connectivity index (χ3n) is 5.01. The molecule has 2 fully saturated rings. The minimum atomic E-state index is -0.304. The summed E-state index contributed by atoms with van der Waals surface area (Å²) in [6.45, 7) is 3.01. The number of rotatable bonds is 4. The maximum absolute atomic E-state index is 12.8. The van der Waals surface area contributed by atoms with Gasteiger partial charge in [0, 0.05) is 24.9 Å². The molecule has 0 saturated carbocycles. The molecule has 0 bridgehead atoms. The van der Waals surface area contributed by atoms with Crippen LogP contribution in [-0.2, 0) is 9.59 Å². The third-order valence-corrected chi connectivity index (χ3v) is 5.01. The molecule has 1 aromatic rings. The van der Waals surface area contributed by atoms with Gasteiger partial charge < -0.3 is 10.2 Å².